The third-order valence-corrected chi connectivity index (χ3v) is 1.17. The molecule has 1 nitrogen and oxygen atoms in total. The summed E-state index contributed by atoms with van der Waals surface area (Å²) in [5.41, 5.74) is 0. The van der Waals surface area contributed by atoms with E-state index in [1.165, 1.54) is 12.8 Å². The quantitative estimate of drug-likeness (QED) is 0.418. The van der Waals surface area contributed by atoms with Crippen LogP contribution in [0, 0.1) is 9.97 Å². The summed E-state index contributed by atoms with van der Waals surface area (Å²) in [6.45, 7) is 0. The number of hydrogen-bond acceptors (Lipinski definition) is 1. The maximum Gasteiger partial charge on any atom is 0.0342 e. The van der Waals surface area contributed by atoms with Gasteiger partial charge in [0.25, 0.3) is 0 Å². The highest BCUT2D eigenvalue weighted by Crippen LogP contribution is 2.17. The van der Waals surface area contributed by atoms with E-state index in [-0.39, 0.29) is 12.4 Å². The lowest BCUT2D eigenvalue weighted by molar-refractivity contribution is 0.894. The van der Waals surface area contributed by atoms with Crippen LogP contribution in [0.15, 0.2) is 0 Å². The predicted octanol–water partition coefficient (Wildman–Crippen LogP) is 1.51. The third kappa shape index (κ3) is 3.39. The Morgan fingerprint density at radius 2 is 2.12 bits per heavy atom. The average molecular weight is 243 g/mol. The summed E-state index contributed by atoms with van der Waals surface area (Å²) in [6, 6.07) is 3.52. The molecule has 1 fully saturated rings. The molecule has 1 aliphatic carbocycles. The summed E-state index contributed by atoms with van der Waals surface area (Å²) in [5, 5.41) is 3.04. The van der Waals surface area contributed by atoms with E-state index in [1.54, 1.807) is 0 Å². The van der Waals surface area contributed by atoms with Crippen molar-refractivity contribution in [3.8, 4) is 9.97 Å². The van der Waals surface area contributed by atoms with Crippen LogP contribution in [0.2, 0.25) is 0 Å². The molecule has 1 rings (SSSR count). The molecule has 0 amide bonds. The van der Waals surface area contributed by atoms with Crippen molar-refractivity contribution < 1.29 is 0 Å². The van der Waals surface area contributed by atoms with Crippen LogP contribution in [0.1, 0.15) is 12.8 Å². The highest BCUT2D eigenvalue weighted by molar-refractivity contribution is 14.1. The van der Waals surface area contributed by atoms with Gasteiger partial charge in [0, 0.05) is 34.7 Å². The van der Waals surface area contributed by atoms with Gasteiger partial charge in [-0.3, -0.25) is 0 Å². The summed E-state index contributed by atoms with van der Waals surface area (Å²) in [6.07, 6.45) is 2.62. The van der Waals surface area contributed by atoms with E-state index in [0.29, 0.717) is 0 Å². The Balaban J connectivity index is 0.000000490. The number of hydrogen-bond donors (Lipinski definition) is 1. The van der Waals surface area contributed by atoms with Gasteiger partial charge in [0.05, 0.1) is 0 Å². The van der Waals surface area contributed by atoms with Gasteiger partial charge >= 0.3 is 0 Å². The van der Waals surface area contributed by atoms with Gasteiger partial charge in [0.2, 0.25) is 0 Å². The SMILES string of the molecule is Cl.IC#CNC1CC1. The van der Waals surface area contributed by atoms with E-state index in [2.05, 4.69) is 15.3 Å². The Bertz CT molecular complexity index is 111. The molecule has 1 N–H and O–H groups in total. The molecule has 0 bridgehead atoms. The Labute approximate surface area is 69.2 Å². The fourth-order valence-electron chi connectivity index (χ4n) is 0.357. The molecule has 1 saturated carbocycles. The minimum absolute atomic E-state index is 0. The Morgan fingerprint density at radius 1 is 1.50 bits per heavy atom. The number of rotatable bonds is 1. The fraction of sp³-hybridized carbons (Fsp3) is 0.600. The summed E-state index contributed by atoms with van der Waals surface area (Å²) in [4.78, 5) is 0. The van der Waals surface area contributed by atoms with Gasteiger partial charge in [-0.05, 0) is 16.8 Å². The lowest BCUT2D eigenvalue weighted by atomic mass is 10.7. The maximum absolute atomic E-state index is 3.04. The smallest absolute Gasteiger partial charge is 0.0342 e. The van der Waals surface area contributed by atoms with Gasteiger partial charge < -0.3 is 5.32 Å². The van der Waals surface area contributed by atoms with E-state index in [0.717, 1.165) is 6.04 Å². The molecule has 0 saturated heterocycles. The molecule has 0 heterocycles. The van der Waals surface area contributed by atoms with Crippen LogP contribution < -0.4 is 5.32 Å². The van der Waals surface area contributed by atoms with Crippen molar-refractivity contribution >= 4 is 35.0 Å². The van der Waals surface area contributed by atoms with Crippen molar-refractivity contribution in [1.29, 1.82) is 0 Å². The second-order valence-electron chi connectivity index (χ2n) is 1.64. The molecule has 46 valence electrons. The highest BCUT2D eigenvalue weighted by Gasteiger charge is 2.18. The zero-order chi connectivity index (χ0) is 5.11. The first-order valence-corrected chi connectivity index (χ1v) is 3.37. The van der Waals surface area contributed by atoms with Gasteiger partial charge in [-0.1, -0.05) is 0 Å². The van der Waals surface area contributed by atoms with Gasteiger partial charge in [-0.15, -0.1) is 12.4 Å². The summed E-state index contributed by atoms with van der Waals surface area (Å²) in [5.74, 6) is 0. The maximum atomic E-state index is 3.04. The number of nitrogens with one attached hydrogen (secondary N) is 1. The third-order valence-electron chi connectivity index (χ3n) is 0.901. The van der Waals surface area contributed by atoms with Crippen molar-refractivity contribution in [3.63, 3.8) is 0 Å². The molecule has 0 unspecified atom stereocenters. The first-order chi connectivity index (χ1) is 3.43. The Hall–Kier alpha value is 0.380. The Kier molecular flexibility index (Phi) is 4.48. The second-order valence-corrected chi connectivity index (χ2v) is 2.18. The summed E-state index contributed by atoms with van der Waals surface area (Å²) >= 11 is 2.02. The van der Waals surface area contributed by atoms with Crippen LogP contribution in [0.25, 0.3) is 0 Å². The highest BCUT2D eigenvalue weighted by atomic mass is 127. The number of halogens is 2. The van der Waals surface area contributed by atoms with Crippen molar-refractivity contribution in [3.05, 3.63) is 0 Å². The second kappa shape index (κ2) is 4.28. The molecule has 0 radical (unpaired) electrons. The van der Waals surface area contributed by atoms with Gasteiger partial charge in [-0.2, -0.15) is 0 Å². The molecular weight excluding hydrogens is 236 g/mol. The average Bonchev–Trinajstić information content (AvgIpc) is 2.42. The normalized spacial score (nSPS) is 15.1. The standard InChI is InChI=1S/C5H6IN.ClH/c6-3-4-7-5-1-2-5;/h5,7H,1-2H2;1H. The lowest BCUT2D eigenvalue weighted by Crippen LogP contribution is -2.06. The molecule has 0 atom stereocenters. The lowest BCUT2D eigenvalue weighted by Gasteiger charge is -1.83. The summed E-state index contributed by atoms with van der Waals surface area (Å²) in [7, 11) is 0. The zero-order valence-electron chi connectivity index (χ0n) is 4.28. The van der Waals surface area contributed by atoms with E-state index < -0.39 is 0 Å². The topological polar surface area (TPSA) is 12.0 Å². The van der Waals surface area contributed by atoms with Crippen LogP contribution in [0.5, 0.6) is 0 Å². The molecule has 0 spiro atoms. The molecule has 8 heavy (non-hydrogen) atoms. The van der Waals surface area contributed by atoms with Crippen LogP contribution in [-0.2, 0) is 0 Å². The minimum atomic E-state index is 0. The van der Waals surface area contributed by atoms with Crippen LogP contribution >= 0.6 is 35.0 Å². The minimum Gasteiger partial charge on any atom is -0.342 e. The molecular formula is C5H7ClIN. The molecule has 3 heteroatoms. The van der Waals surface area contributed by atoms with Gasteiger partial charge in [-0.25, -0.2) is 0 Å². The van der Waals surface area contributed by atoms with E-state index in [9.17, 15) is 0 Å². The van der Waals surface area contributed by atoms with Crippen molar-refractivity contribution in [2.45, 2.75) is 18.9 Å². The van der Waals surface area contributed by atoms with E-state index in [4.69, 9.17) is 0 Å². The van der Waals surface area contributed by atoms with Crippen molar-refractivity contribution in [2.75, 3.05) is 0 Å². The first-order valence-electron chi connectivity index (χ1n) is 2.29. The Morgan fingerprint density at radius 3 is 2.50 bits per heavy atom. The molecule has 0 aromatic carbocycles. The van der Waals surface area contributed by atoms with Crippen LogP contribution in [0.3, 0.4) is 0 Å². The predicted molar refractivity (Wildman–Crippen MR) is 45.2 cm³/mol. The first kappa shape index (κ1) is 8.38. The molecule has 0 aliphatic heterocycles. The molecule has 0 aromatic rings. The van der Waals surface area contributed by atoms with Crippen LogP contribution in [-0.4, -0.2) is 6.04 Å². The monoisotopic (exact) mass is 243 g/mol. The largest absolute Gasteiger partial charge is 0.342 e. The fourth-order valence-corrected chi connectivity index (χ4v) is 0.513. The summed E-state index contributed by atoms with van der Waals surface area (Å²) < 4.78 is 2.75. The van der Waals surface area contributed by atoms with Crippen molar-refractivity contribution in [2.24, 2.45) is 0 Å². The van der Waals surface area contributed by atoms with Crippen molar-refractivity contribution in [1.82, 2.24) is 5.32 Å². The van der Waals surface area contributed by atoms with E-state index in [1.807, 2.05) is 22.6 Å². The van der Waals surface area contributed by atoms with Gasteiger partial charge in [0.1, 0.15) is 0 Å². The molecule has 1 aliphatic rings. The zero-order valence-corrected chi connectivity index (χ0v) is 7.25. The van der Waals surface area contributed by atoms with Gasteiger partial charge in [0.15, 0.2) is 0 Å². The van der Waals surface area contributed by atoms with E-state index >= 15 is 0 Å². The van der Waals surface area contributed by atoms with Crippen LogP contribution in [0.4, 0.5) is 0 Å². The molecule has 0 aromatic heterocycles.